The zero-order valence-electron chi connectivity index (χ0n) is 8.08. The Bertz CT molecular complexity index is 364. The molecule has 1 rings (SSSR count). The number of methoxy groups -OCH3 is 1. The molecule has 0 aliphatic carbocycles. The summed E-state index contributed by atoms with van der Waals surface area (Å²) in [5.41, 5.74) is 0.526. The van der Waals surface area contributed by atoms with Crippen molar-refractivity contribution in [1.82, 2.24) is 9.78 Å². The molecule has 0 atom stereocenters. The van der Waals surface area contributed by atoms with Crippen LogP contribution in [0.5, 0.6) is 0 Å². The Labute approximate surface area is 90.2 Å². The van der Waals surface area contributed by atoms with Crippen LogP contribution in [0.15, 0.2) is 15.5 Å². The molecular formula is C8H12BrN3O2. The van der Waals surface area contributed by atoms with Gasteiger partial charge in [0.25, 0.3) is 5.56 Å². The molecule has 6 heteroatoms. The molecule has 78 valence electrons. The van der Waals surface area contributed by atoms with Gasteiger partial charge in [-0.2, -0.15) is 5.10 Å². The summed E-state index contributed by atoms with van der Waals surface area (Å²) >= 11 is 3.21. The maximum absolute atomic E-state index is 11.6. The van der Waals surface area contributed by atoms with Gasteiger partial charge in [0.1, 0.15) is 4.47 Å². The fraction of sp³-hybridized carbons (Fsp3) is 0.500. The largest absolute Gasteiger partial charge is 0.386 e. The van der Waals surface area contributed by atoms with Gasteiger partial charge in [-0.05, 0) is 15.9 Å². The van der Waals surface area contributed by atoms with E-state index in [1.54, 1.807) is 20.4 Å². The molecule has 0 radical (unpaired) electrons. The molecule has 0 amide bonds. The predicted octanol–water partition coefficient (Wildman–Crippen LogP) is 0.694. The van der Waals surface area contributed by atoms with Gasteiger partial charge in [0.15, 0.2) is 0 Å². The van der Waals surface area contributed by atoms with Crippen molar-refractivity contribution in [2.45, 2.75) is 6.54 Å². The van der Waals surface area contributed by atoms with Crippen LogP contribution in [0.25, 0.3) is 0 Å². The van der Waals surface area contributed by atoms with E-state index in [1.807, 2.05) is 0 Å². The van der Waals surface area contributed by atoms with Crippen molar-refractivity contribution in [1.29, 1.82) is 0 Å². The fourth-order valence-electron chi connectivity index (χ4n) is 0.976. The molecular weight excluding hydrogens is 250 g/mol. The molecule has 0 fully saturated rings. The average Bonchev–Trinajstić information content (AvgIpc) is 2.20. The minimum Gasteiger partial charge on any atom is -0.386 e. The van der Waals surface area contributed by atoms with Crippen molar-refractivity contribution in [3.8, 4) is 0 Å². The molecule has 0 aliphatic rings. The van der Waals surface area contributed by atoms with E-state index in [2.05, 4.69) is 26.3 Å². The van der Waals surface area contributed by atoms with Crippen molar-refractivity contribution in [3.63, 3.8) is 0 Å². The topological polar surface area (TPSA) is 56.1 Å². The molecule has 0 aliphatic heterocycles. The number of rotatable bonds is 4. The highest BCUT2D eigenvalue weighted by Gasteiger charge is 2.06. The van der Waals surface area contributed by atoms with Crippen LogP contribution in [-0.2, 0) is 11.3 Å². The van der Waals surface area contributed by atoms with E-state index in [-0.39, 0.29) is 5.56 Å². The van der Waals surface area contributed by atoms with Gasteiger partial charge >= 0.3 is 0 Å². The summed E-state index contributed by atoms with van der Waals surface area (Å²) in [6.45, 7) is 0.927. The second-order valence-electron chi connectivity index (χ2n) is 2.64. The Balaban J connectivity index is 2.99. The normalized spacial score (nSPS) is 10.2. The van der Waals surface area contributed by atoms with Gasteiger partial charge in [-0.15, -0.1) is 0 Å². The lowest BCUT2D eigenvalue weighted by molar-refractivity contribution is 0.181. The van der Waals surface area contributed by atoms with Crippen LogP contribution in [-0.4, -0.2) is 30.5 Å². The van der Waals surface area contributed by atoms with Gasteiger partial charge in [-0.25, -0.2) is 4.68 Å². The van der Waals surface area contributed by atoms with Crippen LogP contribution in [0.1, 0.15) is 0 Å². The summed E-state index contributed by atoms with van der Waals surface area (Å²) in [7, 11) is 3.32. The Morgan fingerprint density at radius 3 is 3.00 bits per heavy atom. The first-order valence-electron chi connectivity index (χ1n) is 4.13. The van der Waals surface area contributed by atoms with Gasteiger partial charge in [-0.1, -0.05) is 0 Å². The summed E-state index contributed by atoms with van der Waals surface area (Å²) in [5, 5.41) is 6.84. The first-order chi connectivity index (χ1) is 6.70. The molecule has 0 bridgehead atoms. The Morgan fingerprint density at radius 2 is 2.43 bits per heavy atom. The van der Waals surface area contributed by atoms with Crippen molar-refractivity contribution in [2.24, 2.45) is 0 Å². The second-order valence-corrected chi connectivity index (χ2v) is 3.44. The third-order valence-corrected chi connectivity index (χ3v) is 2.53. The maximum atomic E-state index is 11.6. The molecule has 1 aromatic rings. The smallest absolute Gasteiger partial charge is 0.283 e. The van der Waals surface area contributed by atoms with Crippen LogP contribution in [0, 0.1) is 0 Å². The quantitative estimate of drug-likeness (QED) is 0.867. The molecule has 1 N–H and O–H groups in total. The molecule has 0 saturated heterocycles. The van der Waals surface area contributed by atoms with Crippen LogP contribution >= 0.6 is 15.9 Å². The molecule has 0 unspecified atom stereocenters. The zero-order chi connectivity index (χ0) is 10.6. The van der Waals surface area contributed by atoms with Gasteiger partial charge in [0, 0.05) is 14.2 Å². The average molecular weight is 262 g/mol. The van der Waals surface area contributed by atoms with E-state index in [1.165, 1.54) is 4.68 Å². The molecule has 0 aromatic carbocycles. The van der Waals surface area contributed by atoms with Crippen molar-refractivity contribution >= 4 is 21.6 Å². The molecule has 14 heavy (non-hydrogen) atoms. The number of aromatic nitrogens is 2. The van der Waals surface area contributed by atoms with Crippen LogP contribution in [0.4, 0.5) is 5.69 Å². The monoisotopic (exact) mass is 261 g/mol. The van der Waals surface area contributed by atoms with E-state index in [4.69, 9.17) is 4.74 Å². The number of ether oxygens (including phenoxy) is 1. The summed E-state index contributed by atoms with van der Waals surface area (Å²) < 4.78 is 6.71. The second kappa shape index (κ2) is 5.11. The van der Waals surface area contributed by atoms with Crippen molar-refractivity contribution in [3.05, 3.63) is 21.0 Å². The summed E-state index contributed by atoms with van der Waals surface area (Å²) in [5.74, 6) is 0. The van der Waals surface area contributed by atoms with Gasteiger partial charge < -0.3 is 10.1 Å². The number of halogens is 1. The van der Waals surface area contributed by atoms with Gasteiger partial charge in [0.05, 0.1) is 25.0 Å². The van der Waals surface area contributed by atoms with Crippen LogP contribution < -0.4 is 10.9 Å². The lowest BCUT2D eigenvalue weighted by Gasteiger charge is -2.06. The summed E-state index contributed by atoms with van der Waals surface area (Å²) in [6.07, 6.45) is 1.60. The molecule has 1 heterocycles. The number of hydrogen-bond donors (Lipinski definition) is 1. The standard InChI is InChI=1S/C8H12BrN3O2/c1-10-6-5-11-12(3-4-14-2)8(13)7(6)9/h5,10H,3-4H2,1-2H3. The molecule has 0 saturated carbocycles. The highest BCUT2D eigenvalue weighted by Crippen LogP contribution is 2.14. The highest BCUT2D eigenvalue weighted by molar-refractivity contribution is 9.10. The lowest BCUT2D eigenvalue weighted by Crippen LogP contribution is -2.25. The van der Waals surface area contributed by atoms with E-state index >= 15 is 0 Å². The molecule has 5 nitrogen and oxygen atoms in total. The number of nitrogens with one attached hydrogen (secondary N) is 1. The Hall–Kier alpha value is -0.880. The first kappa shape index (κ1) is 11.2. The van der Waals surface area contributed by atoms with Crippen molar-refractivity contribution in [2.75, 3.05) is 26.1 Å². The van der Waals surface area contributed by atoms with Crippen LogP contribution in [0.2, 0.25) is 0 Å². The van der Waals surface area contributed by atoms with Crippen molar-refractivity contribution < 1.29 is 4.74 Å². The fourth-order valence-corrected chi connectivity index (χ4v) is 1.48. The van der Waals surface area contributed by atoms with E-state index in [9.17, 15) is 4.79 Å². The maximum Gasteiger partial charge on any atom is 0.283 e. The molecule has 0 spiro atoms. The first-order valence-corrected chi connectivity index (χ1v) is 4.92. The Morgan fingerprint density at radius 1 is 1.71 bits per heavy atom. The minimum atomic E-state index is -0.158. The van der Waals surface area contributed by atoms with E-state index < -0.39 is 0 Å². The zero-order valence-corrected chi connectivity index (χ0v) is 9.67. The lowest BCUT2D eigenvalue weighted by atomic mass is 10.4. The number of nitrogens with zero attached hydrogens (tertiary/aromatic N) is 2. The van der Waals surface area contributed by atoms with Crippen LogP contribution in [0.3, 0.4) is 0 Å². The number of hydrogen-bond acceptors (Lipinski definition) is 4. The van der Waals surface area contributed by atoms with E-state index in [0.29, 0.717) is 23.3 Å². The predicted molar refractivity (Wildman–Crippen MR) is 57.6 cm³/mol. The van der Waals surface area contributed by atoms with Gasteiger partial charge in [-0.3, -0.25) is 4.79 Å². The minimum absolute atomic E-state index is 0.158. The van der Waals surface area contributed by atoms with Gasteiger partial charge in [0.2, 0.25) is 0 Å². The Kier molecular flexibility index (Phi) is 4.09. The summed E-state index contributed by atoms with van der Waals surface area (Å²) in [6, 6.07) is 0. The summed E-state index contributed by atoms with van der Waals surface area (Å²) in [4.78, 5) is 11.6. The molecule has 1 aromatic heterocycles. The third kappa shape index (κ3) is 2.33. The number of anilines is 1. The third-order valence-electron chi connectivity index (χ3n) is 1.76. The highest BCUT2D eigenvalue weighted by atomic mass is 79.9. The van der Waals surface area contributed by atoms with E-state index in [0.717, 1.165) is 0 Å². The SMILES string of the molecule is CNc1cnn(CCOC)c(=O)c1Br.